The molecule has 0 amide bonds. The van der Waals surface area contributed by atoms with Crippen LogP contribution in [0.2, 0.25) is 0 Å². The van der Waals surface area contributed by atoms with E-state index < -0.39 is 10.2 Å². The lowest BCUT2D eigenvalue weighted by Crippen LogP contribution is -2.36. The molecule has 0 radical (unpaired) electrons. The van der Waals surface area contributed by atoms with Crippen LogP contribution in [0.15, 0.2) is 0 Å². The van der Waals surface area contributed by atoms with E-state index in [1.807, 2.05) is 0 Å². The van der Waals surface area contributed by atoms with Crippen LogP contribution in [-0.2, 0) is 14.9 Å². The van der Waals surface area contributed by atoms with Gasteiger partial charge in [-0.3, -0.25) is 0 Å². The van der Waals surface area contributed by atoms with Crippen LogP contribution in [0.5, 0.6) is 0 Å². The first kappa shape index (κ1) is 11.8. The molecule has 0 aliphatic rings. The molecule has 0 aromatic heterocycles. The van der Waals surface area contributed by atoms with Crippen molar-refractivity contribution < 1.29 is 13.2 Å². The van der Waals surface area contributed by atoms with Crippen molar-refractivity contribution in [2.24, 2.45) is 0 Å². The molecule has 0 unspecified atom stereocenters. The van der Waals surface area contributed by atoms with E-state index in [9.17, 15) is 8.42 Å². The Kier molecular flexibility index (Phi) is 5.39. The number of rotatable bonds is 6. The molecule has 0 rings (SSSR count). The maximum Gasteiger partial charge on any atom is 0.278 e. The highest BCUT2D eigenvalue weighted by Gasteiger charge is 2.13. The molecular formula is C6H16N2O3S. The van der Waals surface area contributed by atoms with Gasteiger partial charge in [-0.15, -0.1) is 0 Å². The average molecular weight is 196 g/mol. The average Bonchev–Trinajstić information content (AvgIpc) is 2.05. The third-order valence-corrected chi connectivity index (χ3v) is 3.01. The third-order valence-electron chi connectivity index (χ3n) is 1.49. The molecule has 12 heavy (non-hydrogen) atoms. The highest BCUT2D eigenvalue weighted by Crippen LogP contribution is 1.94. The Bertz CT molecular complexity index is 203. The molecule has 5 nitrogen and oxygen atoms in total. The van der Waals surface area contributed by atoms with Gasteiger partial charge in [0.15, 0.2) is 0 Å². The lowest BCUT2D eigenvalue weighted by molar-refractivity contribution is 0.189. The van der Waals surface area contributed by atoms with Crippen LogP contribution in [-0.4, -0.2) is 47.1 Å². The van der Waals surface area contributed by atoms with E-state index in [1.54, 1.807) is 7.11 Å². The summed E-state index contributed by atoms with van der Waals surface area (Å²) in [6, 6.07) is 0. The van der Waals surface area contributed by atoms with Crippen LogP contribution in [0.1, 0.15) is 6.42 Å². The Labute approximate surface area is 73.9 Å². The van der Waals surface area contributed by atoms with Crippen LogP contribution in [0, 0.1) is 0 Å². The second kappa shape index (κ2) is 5.47. The minimum absolute atomic E-state index is 0.469. The van der Waals surface area contributed by atoms with Crippen molar-refractivity contribution in [2.45, 2.75) is 6.42 Å². The number of nitrogens with zero attached hydrogens (tertiary/aromatic N) is 1. The molecule has 0 atom stereocenters. The SMILES string of the molecule is CNS(=O)(=O)N(C)CCCOC. The van der Waals surface area contributed by atoms with Crippen LogP contribution in [0.4, 0.5) is 0 Å². The topological polar surface area (TPSA) is 58.6 Å². The van der Waals surface area contributed by atoms with Crippen LogP contribution < -0.4 is 4.72 Å². The quantitative estimate of drug-likeness (QED) is 0.578. The van der Waals surface area contributed by atoms with E-state index >= 15 is 0 Å². The lowest BCUT2D eigenvalue weighted by Gasteiger charge is -2.15. The first-order valence-corrected chi connectivity index (χ1v) is 5.12. The number of nitrogens with one attached hydrogen (secondary N) is 1. The van der Waals surface area contributed by atoms with Crippen molar-refractivity contribution in [1.82, 2.24) is 9.03 Å². The standard InChI is InChI=1S/C6H16N2O3S/c1-7-12(9,10)8(2)5-4-6-11-3/h7H,4-6H2,1-3H3. The molecule has 0 aliphatic heterocycles. The smallest absolute Gasteiger partial charge is 0.278 e. The van der Waals surface area contributed by atoms with Gasteiger partial charge in [0.05, 0.1) is 0 Å². The van der Waals surface area contributed by atoms with Gasteiger partial charge in [0.2, 0.25) is 0 Å². The molecule has 0 saturated heterocycles. The van der Waals surface area contributed by atoms with Gasteiger partial charge in [-0.1, -0.05) is 0 Å². The second-order valence-corrected chi connectivity index (χ2v) is 4.36. The number of hydrogen-bond acceptors (Lipinski definition) is 3. The molecular weight excluding hydrogens is 180 g/mol. The predicted octanol–water partition coefficient (Wildman–Crippen LogP) is -0.581. The third kappa shape index (κ3) is 4.01. The molecule has 6 heteroatoms. The normalized spacial score (nSPS) is 12.3. The molecule has 0 bridgehead atoms. The van der Waals surface area contributed by atoms with Crippen molar-refractivity contribution in [2.75, 3.05) is 34.4 Å². The van der Waals surface area contributed by atoms with Gasteiger partial charge < -0.3 is 4.74 Å². The summed E-state index contributed by atoms with van der Waals surface area (Å²) in [6.07, 6.45) is 0.702. The fourth-order valence-electron chi connectivity index (χ4n) is 0.708. The maximum atomic E-state index is 11.1. The first-order valence-electron chi connectivity index (χ1n) is 3.68. The molecule has 0 fully saturated rings. The van der Waals surface area contributed by atoms with Crippen molar-refractivity contribution in [3.63, 3.8) is 0 Å². The summed E-state index contributed by atoms with van der Waals surface area (Å²) in [7, 11) is 1.26. The molecule has 0 saturated carbocycles. The van der Waals surface area contributed by atoms with Crippen LogP contribution in [0.3, 0.4) is 0 Å². The fourth-order valence-corrected chi connectivity index (χ4v) is 1.39. The van der Waals surface area contributed by atoms with E-state index in [0.717, 1.165) is 0 Å². The molecule has 74 valence electrons. The minimum atomic E-state index is -3.25. The summed E-state index contributed by atoms with van der Waals surface area (Å²) in [5.74, 6) is 0. The first-order chi connectivity index (χ1) is 5.54. The molecule has 0 aliphatic carbocycles. The minimum Gasteiger partial charge on any atom is -0.385 e. The molecule has 0 spiro atoms. The highest BCUT2D eigenvalue weighted by molar-refractivity contribution is 7.87. The summed E-state index contributed by atoms with van der Waals surface area (Å²) < 4.78 is 30.4. The second-order valence-electron chi connectivity index (χ2n) is 2.38. The number of ether oxygens (including phenoxy) is 1. The van der Waals surface area contributed by atoms with E-state index in [1.165, 1.54) is 18.4 Å². The number of hydrogen-bond donors (Lipinski definition) is 1. The van der Waals surface area contributed by atoms with Crippen LogP contribution in [0.25, 0.3) is 0 Å². The Morgan fingerprint density at radius 2 is 2.08 bits per heavy atom. The van der Waals surface area contributed by atoms with Crippen molar-refractivity contribution in [3.8, 4) is 0 Å². The summed E-state index contributed by atoms with van der Waals surface area (Å²) in [5.41, 5.74) is 0. The van der Waals surface area contributed by atoms with Gasteiger partial charge in [-0.25, -0.2) is 4.72 Å². The van der Waals surface area contributed by atoms with Gasteiger partial charge in [0.25, 0.3) is 10.2 Å². The molecule has 0 heterocycles. The Morgan fingerprint density at radius 3 is 2.50 bits per heavy atom. The summed E-state index contributed by atoms with van der Waals surface area (Å²) in [5, 5.41) is 0. The fraction of sp³-hybridized carbons (Fsp3) is 1.00. The summed E-state index contributed by atoms with van der Waals surface area (Å²) in [4.78, 5) is 0. The Morgan fingerprint density at radius 1 is 1.50 bits per heavy atom. The van der Waals surface area contributed by atoms with Crippen molar-refractivity contribution in [1.29, 1.82) is 0 Å². The van der Waals surface area contributed by atoms with E-state index in [-0.39, 0.29) is 0 Å². The van der Waals surface area contributed by atoms with Crippen molar-refractivity contribution >= 4 is 10.2 Å². The van der Waals surface area contributed by atoms with Gasteiger partial charge in [-0.2, -0.15) is 12.7 Å². The zero-order valence-corrected chi connectivity index (χ0v) is 8.52. The highest BCUT2D eigenvalue weighted by atomic mass is 32.2. The number of methoxy groups -OCH3 is 1. The largest absolute Gasteiger partial charge is 0.385 e. The van der Waals surface area contributed by atoms with Gasteiger partial charge in [-0.05, 0) is 6.42 Å². The van der Waals surface area contributed by atoms with Crippen LogP contribution >= 0.6 is 0 Å². The predicted molar refractivity (Wildman–Crippen MR) is 47.1 cm³/mol. The Balaban J connectivity index is 3.80. The molecule has 0 aromatic rings. The maximum absolute atomic E-state index is 11.1. The molecule has 1 N–H and O–H groups in total. The van der Waals surface area contributed by atoms with E-state index in [4.69, 9.17) is 4.74 Å². The zero-order valence-electron chi connectivity index (χ0n) is 7.70. The Hall–Kier alpha value is -0.170. The monoisotopic (exact) mass is 196 g/mol. The van der Waals surface area contributed by atoms with E-state index in [2.05, 4.69) is 4.72 Å². The van der Waals surface area contributed by atoms with E-state index in [0.29, 0.717) is 19.6 Å². The van der Waals surface area contributed by atoms with Gasteiger partial charge in [0, 0.05) is 34.4 Å². The summed E-state index contributed by atoms with van der Waals surface area (Å²) in [6.45, 7) is 1.04. The zero-order chi connectivity index (χ0) is 9.61. The summed E-state index contributed by atoms with van der Waals surface area (Å²) >= 11 is 0. The van der Waals surface area contributed by atoms with Gasteiger partial charge >= 0.3 is 0 Å². The van der Waals surface area contributed by atoms with Crippen molar-refractivity contribution in [3.05, 3.63) is 0 Å². The van der Waals surface area contributed by atoms with Gasteiger partial charge in [0.1, 0.15) is 0 Å². The lowest BCUT2D eigenvalue weighted by atomic mass is 10.5. The molecule has 0 aromatic carbocycles.